The number of nitrogens with zero attached hydrogens (tertiary/aromatic N) is 1. The summed E-state index contributed by atoms with van der Waals surface area (Å²) in [5, 5.41) is 11.5. The van der Waals surface area contributed by atoms with Crippen LogP contribution in [-0.2, 0) is 4.79 Å². The van der Waals surface area contributed by atoms with Gasteiger partial charge in [-0.05, 0) is 60.7 Å². The third-order valence-corrected chi connectivity index (χ3v) is 4.96. The van der Waals surface area contributed by atoms with Gasteiger partial charge in [0.15, 0.2) is 5.12 Å². The minimum absolute atomic E-state index is 0.0167. The fourth-order valence-electron chi connectivity index (χ4n) is 2.47. The maximum atomic E-state index is 11.5. The Kier molecular flexibility index (Phi) is 6.98. The summed E-state index contributed by atoms with van der Waals surface area (Å²) in [6.07, 6.45) is 0. The van der Waals surface area contributed by atoms with E-state index in [1.807, 2.05) is 36.4 Å². The molecular formula is C24H15NO3S2. The normalized spacial score (nSPS) is 9.67. The first-order chi connectivity index (χ1) is 14.4. The molecule has 0 heterocycles. The summed E-state index contributed by atoms with van der Waals surface area (Å²) in [7, 11) is 0. The molecule has 3 aromatic carbocycles. The first-order valence-electron chi connectivity index (χ1n) is 8.81. The zero-order chi connectivity index (χ0) is 21.5. The topological polar surface area (TPSA) is 60.2 Å². The van der Waals surface area contributed by atoms with Crippen molar-refractivity contribution in [2.45, 2.75) is 16.7 Å². The van der Waals surface area contributed by atoms with E-state index in [1.54, 1.807) is 24.3 Å². The molecule has 0 bridgehead atoms. The monoisotopic (exact) mass is 429 g/mol. The van der Waals surface area contributed by atoms with Gasteiger partial charge in [0, 0.05) is 39.5 Å². The summed E-state index contributed by atoms with van der Waals surface area (Å²) < 4.78 is 0. The summed E-state index contributed by atoms with van der Waals surface area (Å²) in [4.78, 5) is 23.8. The Morgan fingerprint density at radius 1 is 0.867 bits per heavy atom. The van der Waals surface area contributed by atoms with Gasteiger partial charge >= 0.3 is 0 Å². The molecule has 0 aliphatic carbocycles. The molecule has 3 rings (SSSR count). The van der Waals surface area contributed by atoms with E-state index < -0.39 is 4.92 Å². The van der Waals surface area contributed by atoms with Crippen molar-refractivity contribution in [1.82, 2.24) is 0 Å². The van der Waals surface area contributed by atoms with Gasteiger partial charge in [-0.25, -0.2) is 0 Å². The third kappa shape index (κ3) is 6.02. The fraction of sp³-hybridized carbons (Fsp3) is 0.0417. The molecule has 146 valence electrons. The van der Waals surface area contributed by atoms with Crippen LogP contribution in [0, 0.1) is 33.8 Å². The van der Waals surface area contributed by atoms with Crippen LogP contribution in [0.5, 0.6) is 0 Å². The number of benzene rings is 3. The minimum Gasteiger partial charge on any atom is -0.287 e. The molecule has 0 N–H and O–H groups in total. The van der Waals surface area contributed by atoms with Crippen LogP contribution in [0.4, 0.5) is 5.69 Å². The molecule has 6 heteroatoms. The quantitative estimate of drug-likeness (QED) is 0.197. The van der Waals surface area contributed by atoms with E-state index in [0.29, 0.717) is 11.1 Å². The first kappa shape index (κ1) is 21.3. The number of thioether (sulfide) groups is 1. The summed E-state index contributed by atoms with van der Waals surface area (Å²) in [5.74, 6) is 11.7. The van der Waals surface area contributed by atoms with E-state index in [2.05, 4.69) is 36.3 Å². The summed E-state index contributed by atoms with van der Waals surface area (Å²) in [5.41, 5.74) is 2.26. The van der Waals surface area contributed by atoms with E-state index in [0.717, 1.165) is 32.7 Å². The second kappa shape index (κ2) is 9.84. The summed E-state index contributed by atoms with van der Waals surface area (Å²) in [6.45, 7) is 1.51. The lowest BCUT2D eigenvalue weighted by molar-refractivity contribution is -0.385. The van der Waals surface area contributed by atoms with Crippen molar-refractivity contribution in [2.75, 3.05) is 0 Å². The predicted molar refractivity (Wildman–Crippen MR) is 122 cm³/mol. The van der Waals surface area contributed by atoms with Gasteiger partial charge in [-0.2, -0.15) is 0 Å². The Morgan fingerprint density at radius 3 is 2.00 bits per heavy atom. The molecule has 0 saturated carbocycles. The average molecular weight is 430 g/mol. The van der Waals surface area contributed by atoms with Gasteiger partial charge in [-0.15, -0.1) is 12.6 Å². The number of hydrogen-bond donors (Lipinski definition) is 1. The zero-order valence-electron chi connectivity index (χ0n) is 15.9. The Bertz CT molecular complexity index is 1230. The van der Waals surface area contributed by atoms with Crippen LogP contribution < -0.4 is 0 Å². The van der Waals surface area contributed by atoms with Crippen LogP contribution in [0.25, 0.3) is 0 Å². The molecule has 30 heavy (non-hydrogen) atoms. The van der Waals surface area contributed by atoms with E-state index in [4.69, 9.17) is 0 Å². The molecular weight excluding hydrogens is 414 g/mol. The Balaban J connectivity index is 1.84. The van der Waals surface area contributed by atoms with Crippen molar-refractivity contribution in [2.24, 2.45) is 0 Å². The van der Waals surface area contributed by atoms with Crippen molar-refractivity contribution < 1.29 is 9.72 Å². The Labute approximate surface area is 184 Å². The molecule has 0 amide bonds. The molecule has 3 aromatic rings. The van der Waals surface area contributed by atoms with Gasteiger partial charge in [-0.3, -0.25) is 14.9 Å². The Morgan fingerprint density at radius 2 is 1.40 bits per heavy atom. The minimum atomic E-state index is -0.459. The van der Waals surface area contributed by atoms with Crippen molar-refractivity contribution >= 4 is 35.2 Å². The van der Waals surface area contributed by atoms with E-state index in [1.165, 1.54) is 13.0 Å². The van der Waals surface area contributed by atoms with E-state index >= 15 is 0 Å². The fourth-order valence-corrected chi connectivity index (χ4v) is 3.22. The van der Waals surface area contributed by atoms with Gasteiger partial charge in [0.05, 0.1) is 4.92 Å². The molecule has 0 fully saturated rings. The number of thiol groups is 1. The second-order valence-electron chi connectivity index (χ2n) is 6.15. The molecule has 0 unspecified atom stereocenters. The SMILES string of the molecule is CC(=O)Sc1ccc(C#Cc2ccc(C#Cc3ccc(S)cc3)c([N+](=O)[O-])c2)cc1. The highest BCUT2D eigenvalue weighted by Gasteiger charge is 2.12. The van der Waals surface area contributed by atoms with Crippen LogP contribution in [0.15, 0.2) is 76.5 Å². The lowest BCUT2D eigenvalue weighted by atomic mass is 10.1. The lowest BCUT2D eigenvalue weighted by Gasteiger charge is -1.98. The number of hydrogen-bond acceptors (Lipinski definition) is 5. The number of rotatable bonds is 2. The van der Waals surface area contributed by atoms with Gasteiger partial charge in [0.1, 0.15) is 5.56 Å². The molecule has 4 nitrogen and oxygen atoms in total. The van der Waals surface area contributed by atoms with Crippen molar-refractivity contribution in [3.63, 3.8) is 0 Å². The zero-order valence-corrected chi connectivity index (χ0v) is 17.6. The van der Waals surface area contributed by atoms with Crippen LogP contribution in [0.2, 0.25) is 0 Å². The van der Waals surface area contributed by atoms with Gasteiger partial charge < -0.3 is 0 Å². The first-order valence-corrected chi connectivity index (χ1v) is 10.1. The lowest BCUT2D eigenvalue weighted by Crippen LogP contribution is -1.93. The highest BCUT2D eigenvalue weighted by atomic mass is 32.2. The van der Waals surface area contributed by atoms with Crippen molar-refractivity contribution in [3.8, 4) is 23.7 Å². The van der Waals surface area contributed by atoms with Crippen LogP contribution >= 0.6 is 24.4 Å². The largest absolute Gasteiger partial charge is 0.287 e. The van der Waals surface area contributed by atoms with E-state index in [9.17, 15) is 14.9 Å². The van der Waals surface area contributed by atoms with Crippen molar-refractivity contribution in [3.05, 3.63) is 99.1 Å². The highest BCUT2D eigenvalue weighted by Crippen LogP contribution is 2.20. The number of carbonyl (C=O) groups excluding carboxylic acids is 1. The molecule has 0 aliphatic heterocycles. The molecule has 0 spiro atoms. The molecule has 0 aromatic heterocycles. The molecule has 0 atom stereocenters. The molecule has 0 saturated heterocycles. The standard InChI is InChI=1S/C24H15NO3S2/c1-17(26)30-23-14-8-18(9-15-23)2-3-20-5-11-21(24(16-20)25(27)28)10-4-19-6-12-22(29)13-7-19/h5-9,11-16,29H,1H3. The predicted octanol–water partition coefficient (Wildman–Crippen LogP) is 5.32. The summed E-state index contributed by atoms with van der Waals surface area (Å²) in [6, 6.07) is 19.2. The van der Waals surface area contributed by atoms with Crippen LogP contribution in [0.3, 0.4) is 0 Å². The number of nitro groups is 1. The Hall–Kier alpha value is -3.45. The second-order valence-corrected chi connectivity index (χ2v) is 7.92. The molecule has 0 aliphatic rings. The highest BCUT2D eigenvalue weighted by molar-refractivity contribution is 8.13. The summed E-state index contributed by atoms with van der Waals surface area (Å²) >= 11 is 5.38. The number of nitro benzene ring substituents is 1. The molecule has 0 radical (unpaired) electrons. The third-order valence-electron chi connectivity index (χ3n) is 3.87. The van der Waals surface area contributed by atoms with Gasteiger partial charge in [0.25, 0.3) is 5.69 Å². The smallest absolute Gasteiger partial charge is 0.286 e. The van der Waals surface area contributed by atoms with Gasteiger partial charge in [-0.1, -0.05) is 35.4 Å². The van der Waals surface area contributed by atoms with Crippen molar-refractivity contribution in [1.29, 1.82) is 0 Å². The maximum absolute atomic E-state index is 11.5. The van der Waals surface area contributed by atoms with E-state index in [-0.39, 0.29) is 10.8 Å². The van der Waals surface area contributed by atoms with Gasteiger partial charge in [0.2, 0.25) is 0 Å². The van der Waals surface area contributed by atoms with Crippen LogP contribution in [0.1, 0.15) is 29.2 Å². The maximum Gasteiger partial charge on any atom is 0.286 e. The average Bonchev–Trinajstić information content (AvgIpc) is 2.72. The van der Waals surface area contributed by atoms with Crippen LogP contribution in [-0.4, -0.2) is 10.0 Å². The number of carbonyl (C=O) groups is 1.